The molecule has 3 aliphatic rings. The monoisotopic (exact) mass is 364 g/mol. The van der Waals surface area contributed by atoms with Crippen LogP contribution in [0.5, 0.6) is 0 Å². The molecular weight excluding hydrogens is 328 g/mol. The van der Waals surface area contributed by atoms with Gasteiger partial charge in [-0.25, -0.2) is 4.99 Å². The Labute approximate surface area is 158 Å². The lowest BCUT2D eigenvalue weighted by Crippen LogP contribution is -2.53. The maximum absolute atomic E-state index is 12.0. The minimum absolute atomic E-state index is 0.0354. The van der Waals surface area contributed by atoms with Crippen molar-refractivity contribution in [3.8, 4) is 0 Å². The second kappa shape index (κ2) is 9.07. The molecule has 26 heavy (non-hydrogen) atoms. The highest BCUT2D eigenvalue weighted by Gasteiger charge is 2.38. The van der Waals surface area contributed by atoms with Gasteiger partial charge in [0.2, 0.25) is 5.91 Å². The van der Waals surface area contributed by atoms with Crippen LogP contribution in [0.15, 0.2) is 4.99 Å². The summed E-state index contributed by atoms with van der Waals surface area (Å²) >= 11 is 0. The topological polar surface area (TPSA) is 66.0 Å². The molecule has 1 atom stereocenters. The van der Waals surface area contributed by atoms with E-state index in [9.17, 15) is 4.79 Å². The van der Waals surface area contributed by atoms with Gasteiger partial charge in [-0.15, -0.1) is 0 Å². The summed E-state index contributed by atoms with van der Waals surface area (Å²) < 4.78 is 6.22. The van der Waals surface area contributed by atoms with Crippen molar-refractivity contribution in [2.45, 2.75) is 88.3 Å². The van der Waals surface area contributed by atoms with E-state index in [4.69, 9.17) is 4.74 Å². The van der Waals surface area contributed by atoms with Gasteiger partial charge in [-0.2, -0.15) is 0 Å². The Hall–Kier alpha value is -1.30. The second-order valence-corrected chi connectivity index (χ2v) is 8.50. The van der Waals surface area contributed by atoms with E-state index in [0.29, 0.717) is 12.1 Å². The van der Waals surface area contributed by atoms with Crippen LogP contribution in [0.3, 0.4) is 0 Å². The quantitative estimate of drug-likeness (QED) is 0.594. The van der Waals surface area contributed by atoms with E-state index in [1.54, 1.807) is 19.0 Å². The molecular formula is C20H36N4O2. The van der Waals surface area contributed by atoms with Gasteiger partial charge in [0, 0.05) is 32.8 Å². The molecule has 0 radical (unpaired) electrons. The standard InChI is InChI=1S/C20H36N4O2/c1-24(2)18(25)15-21-19(22-16-8-4-5-9-16)23-17-10-13-26-20(14-17)11-6-3-7-12-20/h16-17H,3-15H2,1-2H3,(H2,21,22,23). The molecule has 1 saturated heterocycles. The third-order valence-corrected chi connectivity index (χ3v) is 6.17. The van der Waals surface area contributed by atoms with Crippen molar-refractivity contribution in [2.24, 2.45) is 4.99 Å². The summed E-state index contributed by atoms with van der Waals surface area (Å²) in [6, 6.07) is 0.864. The normalized spacial score (nSPS) is 26.7. The van der Waals surface area contributed by atoms with Crippen LogP contribution in [0.2, 0.25) is 0 Å². The molecule has 0 aromatic carbocycles. The third kappa shape index (κ3) is 5.35. The van der Waals surface area contributed by atoms with Crippen molar-refractivity contribution in [2.75, 3.05) is 27.2 Å². The van der Waals surface area contributed by atoms with Crippen molar-refractivity contribution in [3.63, 3.8) is 0 Å². The van der Waals surface area contributed by atoms with Gasteiger partial charge in [0.05, 0.1) is 5.60 Å². The lowest BCUT2D eigenvalue weighted by Gasteiger charge is -2.44. The molecule has 1 spiro atoms. The number of rotatable bonds is 4. The van der Waals surface area contributed by atoms with Crippen molar-refractivity contribution >= 4 is 11.9 Å². The molecule has 0 aromatic heterocycles. The largest absolute Gasteiger partial charge is 0.375 e. The van der Waals surface area contributed by atoms with Gasteiger partial charge in [0.15, 0.2) is 5.96 Å². The summed E-state index contributed by atoms with van der Waals surface area (Å²) in [6.07, 6.45) is 13.3. The van der Waals surface area contributed by atoms with Crippen LogP contribution in [0.25, 0.3) is 0 Å². The average Bonchev–Trinajstić information content (AvgIpc) is 3.13. The van der Waals surface area contributed by atoms with Crippen molar-refractivity contribution in [1.29, 1.82) is 0 Å². The molecule has 1 aliphatic heterocycles. The Morgan fingerprint density at radius 1 is 1.04 bits per heavy atom. The predicted molar refractivity (Wildman–Crippen MR) is 104 cm³/mol. The van der Waals surface area contributed by atoms with E-state index in [1.165, 1.54) is 57.8 Å². The minimum Gasteiger partial charge on any atom is -0.375 e. The van der Waals surface area contributed by atoms with Crippen LogP contribution in [0, 0.1) is 0 Å². The molecule has 3 fully saturated rings. The molecule has 1 unspecified atom stereocenters. The zero-order chi connectivity index (χ0) is 18.4. The number of guanidine groups is 1. The summed E-state index contributed by atoms with van der Waals surface area (Å²) in [5.74, 6) is 0.846. The summed E-state index contributed by atoms with van der Waals surface area (Å²) in [5.41, 5.74) is 0.0755. The predicted octanol–water partition coefficient (Wildman–Crippen LogP) is 2.43. The van der Waals surface area contributed by atoms with Crippen LogP contribution in [-0.4, -0.2) is 61.7 Å². The first-order valence-corrected chi connectivity index (χ1v) is 10.5. The number of carbonyl (C=O) groups excluding carboxylic acids is 1. The Balaban J connectivity index is 1.61. The number of likely N-dealkylation sites (N-methyl/N-ethyl adjacent to an activating group) is 1. The number of nitrogens with one attached hydrogen (secondary N) is 2. The molecule has 2 saturated carbocycles. The maximum atomic E-state index is 12.0. The van der Waals surface area contributed by atoms with Gasteiger partial charge < -0.3 is 20.3 Å². The van der Waals surface area contributed by atoms with Crippen molar-refractivity contribution < 1.29 is 9.53 Å². The Bertz CT molecular complexity index is 489. The molecule has 2 aliphatic carbocycles. The molecule has 2 N–H and O–H groups in total. The number of aliphatic imine (C=N–C) groups is 1. The summed E-state index contributed by atoms with van der Waals surface area (Å²) in [4.78, 5) is 18.2. The van der Waals surface area contributed by atoms with Gasteiger partial charge in [0.25, 0.3) is 0 Å². The first-order chi connectivity index (χ1) is 12.6. The second-order valence-electron chi connectivity index (χ2n) is 8.50. The van der Waals surface area contributed by atoms with Gasteiger partial charge >= 0.3 is 0 Å². The highest BCUT2D eigenvalue weighted by atomic mass is 16.5. The van der Waals surface area contributed by atoms with Crippen LogP contribution in [-0.2, 0) is 9.53 Å². The number of hydrogen-bond donors (Lipinski definition) is 2. The first kappa shape index (κ1) is 19.5. The van der Waals surface area contributed by atoms with Crippen LogP contribution >= 0.6 is 0 Å². The third-order valence-electron chi connectivity index (χ3n) is 6.17. The number of nitrogens with zero attached hydrogens (tertiary/aromatic N) is 2. The van der Waals surface area contributed by atoms with Crippen molar-refractivity contribution in [3.05, 3.63) is 0 Å². The molecule has 0 aromatic rings. The van der Waals surface area contributed by atoms with Crippen LogP contribution in [0.1, 0.15) is 70.6 Å². The summed E-state index contributed by atoms with van der Waals surface area (Å²) in [6.45, 7) is 1.02. The van der Waals surface area contributed by atoms with E-state index in [2.05, 4.69) is 15.6 Å². The van der Waals surface area contributed by atoms with Gasteiger partial charge in [-0.1, -0.05) is 32.1 Å². The van der Waals surface area contributed by atoms with E-state index in [0.717, 1.165) is 25.4 Å². The lowest BCUT2D eigenvalue weighted by molar-refractivity contribution is -0.127. The molecule has 1 amide bonds. The van der Waals surface area contributed by atoms with Crippen LogP contribution < -0.4 is 10.6 Å². The molecule has 0 bridgehead atoms. The highest BCUT2D eigenvalue weighted by molar-refractivity contribution is 5.85. The van der Waals surface area contributed by atoms with Gasteiger partial charge in [-0.3, -0.25) is 4.79 Å². The van der Waals surface area contributed by atoms with E-state index < -0.39 is 0 Å². The number of amides is 1. The van der Waals surface area contributed by atoms with Crippen LogP contribution in [0.4, 0.5) is 0 Å². The number of hydrogen-bond acceptors (Lipinski definition) is 3. The van der Waals surface area contributed by atoms with Crippen molar-refractivity contribution in [1.82, 2.24) is 15.5 Å². The van der Waals surface area contributed by atoms with Gasteiger partial charge in [-0.05, 0) is 38.5 Å². The molecule has 6 nitrogen and oxygen atoms in total. The highest BCUT2D eigenvalue weighted by Crippen LogP contribution is 2.38. The molecule has 6 heteroatoms. The van der Waals surface area contributed by atoms with E-state index >= 15 is 0 Å². The minimum atomic E-state index is 0.0354. The number of ether oxygens (including phenoxy) is 1. The summed E-state index contributed by atoms with van der Waals surface area (Å²) in [7, 11) is 3.56. The smallest absolute Gasteiger partial charge is 0.243 e. The molecule has 148 valence electrons. The fourth-order valence-corrected chi connectivity index (χ4v) is 4.57. The Kier molecular flexibility index (Phi) is 6.79. The SMILES string of the molecule is CN(C)C(=O)CN=C(NC1CCCC1)NC1CCOC2(CCCCC2)C1. The molecule has 3 rings (SSSR count). The average molecular weight is 365 g/mol. The zero-order valence-electron chi connectivity index (χ0n) is 16.6. The van der Waals surface area contributed by atoms with E-state index in [-0.39, 0.29) is 18.1 Å². The fourth-order valence-electron chi connectivity index (χ4n) is 4.57. The summed E-state index contributed by atoms with van der Waals surface area (Å²) in [5, 5.41) is 7.21. The van der Waals surface area contributed by atoms with E-state index in [1.807, 2.05) is 0 Å². The molecule has 1 heterocycles. The number of carbonyl (C=O) groups is 1. The maximum Gasteiger partial charge on any atom is 0.243 e. The Morgan fingerprint density at radius 3 is 2.42 bits per heavy atom. The zero-order valence-corrected chi connectivity index (χ0v) is 16.6. The Morgan fingerprint density at radius 2 is 1.73 bits per heavy atom. The lowest BCUT2D eigenvalue weighted by atomic mass is 9.78. The van der Waals surface area contributed by atoms with Gasteiger partial charge in [0.1, 0.15) is 6.54 Å². The fraction of sp³-hybridized carbons (Fsp3) is 0.900. The first-order valence-electron chi connectivity index (χ1n) is 10.5.